The molecule has 1 aliphatic carbocycles. The van der Waals surface area contributed by atoms with Gasteiger partial charge in [-0.15, -0.1) is 23.7 Å². The Morgan fingerprint density at radius 1 is 1.36 bits per heavy atom. The molecule has 3 N–H and O–H groups in total. The number of nitrogens with zero attached hydrogens (tertiary/aromatic N) is 1. The fourth-order valence-electron chi connectivity index (χ4n) is 2.37. The van der Waals surface area contributed by atoms with Crippen molar-refractivity contribution in [3.8, 4) is 0 Å². The molecule has 0 spiro atoms. The number of thiazole rings is 1. The topological polar surface area (TPSA) is 68.0 Å². The molecule has 1 amide bonds. The van der Waals surface area contributed by atoms with Crippen LogP contribution in [0, 0.1) is 5.82 Å². The van der Waals surface area contributed by atoms with Gasteiger partial charge in [0.1, 0.15) is 16.5 Å². The lowest BCUT2D eigenvalue weighted by Crippen LogP contribution is -2.32. The summed E-state index contributed by atoms with van der Waals surface area (Å²) in [6.45, 7) is 0.893. The van der Waals surface area contributed by atoms with Crippen LogP contribution >= 0.6 is 23.7 Å². The summed E-state index contributed by atoms with van der Waals surface area (Å²) in [5, 5.41) is 5.39. The van der Waals surface area contributed by atoms with E-state index in [1.54, 1.807) is 17.5 Å². The molecule has 1 aromatic heterocycles. The largest absolute Gasteiger partial charge is 0.350 e. The third-order valence-electron chi connectivity index (χ3n) is 3.86. The highest BCUT2D eigenvalue weighted by Crippen LogP contribution is 2.47. The Balaban J connectivity index is 0.00000176. The minimum absolute atomic E-state index is 0. The summed E-state index contributed by atoms with van der Waals surface area (Å²) < 4.78 is 13.0. The third kappa shape index (κ3) is 3.45. The zero-order chi connectivity index (χ0) is 14.9. The van der Waals surface area contributed by atoms with Crippen LogP contribution in [0.1, 0.15) is 33.9 Å². The van der Waals surface area contributed by atoms with E-state index in [2.05, 4.69) is 10.3 Å². The maximum atomic E-state index is 13.0. The van der Waals surface area contributed by atoms with Crippen molar-refractivity contribution in [3.05, 3.63) is 51.7 Å². The third-order valence-corrected chi connectivity index (χ3v) is 4.73. The average Bonchev–Trinajstić information content (AvgIpc) is 3.13. The summed E-state index contributed by atoms with van der Waals surface area (Å²) in [6, 6.07) is 6.52. The van der Waals surface area contributed by atoms with E-state index in [1.807, 2.05) is 0 Å². The van der Waals surface area contributed by atoms with Crippen LogP contribution in [0.25, 0.3) is 0 Å². The number of carbonyl (C=O) groups excluding carboxylic acids is 1. The van der Waals surface area contributed by atoms with Gasteiger partial charge < -0.3 is 11.1 Å². The van der Waals surface area contributed by atoms with Gasteiger partial charge in [0.05, 0.1) is 0 Å². The van der Waals surface area contributed by atoms with Gasteiger partial charge in [-0.2, -0.15) is 0 Å². The minimum atomic E-state index is -0.240. The first-order valence-electron chi connectivity index (χ1n) is 6.82. The average molecular weight is 342 g/mol. The molecule has 118 valence electrons. The van der Waals surface area contributed by atoms with Gasteiger partial charge in [-0.05, 0) is 30.5 Å². The second-order valence-corrected chi connectivity index (χ2v) is 6.24. The molecular weight excluding hydrogens is 325 g/mol. The molecule has 1 aromatic carbocycles. The molecular formula is C15H17ClFN3OS. The van der Waals surface area contributed by atoms with E-state index in [-0.39, 0.29) is 29.5 Å². The van der Waals surface area contributed by atoms with Gasteiger partial charge in [-0.3, -0.25) is 4.79 Å². The number of rotatable bonds is 5. The fraction of sp³-hybridized carbons (Fsp3) is 0.333. The Morgan fingerprint density at radius 2 is 2.05 bits per heavy atom. The van der Waals surface area contributed by atoms with Gasteiger partial charge in [-0.1, -0.05) is 12.1 Å². The number of hydrogen-bond donors (Lipinski definition) is 2. The van der Waals surface area contributed by atoms with Gasteiger partial charge in [0.25, 0.3) is 5.91 Å². The van der Waals surface area contributed by atoms with Gasteiger partial charge in [0, 0.05) is 23.9 Å². The molecule has 0 bridgehead atoms. The smallest absolute Gasteiger partial charge is 0.270 e. The molecule has 2 aromatic rings. The molecule has 3 rings (SSSR count). The van der Waals surface area contributed by atoms with Gasteiger partial charge in [-0.25, -0.2) is 9.37 Å². The van der Waals surface area contributed by atoms with Crippen molar-refractivity contribution in [1.29, 1.82) is 0 Å². The van der Waals surface area contributed by atoms with E-state index >= 15 is 0 Å². The minimum Gasteiger partial charge on any atom is -0.350 e. The van der Waals surface area contributed by atoms with Gasteiger partial charge in [0.2, 0.25) is 0 Å². The van der Waals surface area contributed by atoms with E-state index < -0.39 is 0 Å². The van der Waals surface area contributed by atoms with Crippen LogP contribution in [0.5, 0.6) is 0 Å². The molecule has 0 saturated heterocycles. The van der Waals surface area contributed by atoms with Crippen molar-refractivity contribution < 1.29 is 9.18 Å². The zero-order valence-electron chi connectivity index (χ0n) is 11.8. The predicted octanol–water partition coefficient (Wildman–Crippen LogP) is 2.62. The number of aromatic nitrogens is 1. The lowest BCUT2D eigenvalue weighted by Gasteiger charge is -2.16. The summed E-state index contributed by atoms with van der Waals surface area (Å²) in [5.74, 6) is -0.422. The highest BCUT2D eigenvalue weighted by molar-refractivity contribution is 7.09. The summed E-state index contributed by atoms with van der Waals surface area (Å²) in [7, 11) is 0. The van der Waals surface area contributed by atoms with Crippen molar-refractivity contribution in [2.45, 2.75) is 24.8 Å². The summed E-state index contributed by atoms with van der Waals surface area (Å²) in [6.07, 6.45) is 2.01. The molecule has 22 heavy (non-hydrogen) atoms. The van der Waals surface area contributed by atoms with Crippen LogP contribution < -0.4 is 11.1 Å². The lowest BCUT2D eigenvalue weighted by atomic mass is 9.96. The number of carbonyl (C=O) groups is 1. The number of benzene rings is 1. The molecule has 0 radical (unpaired) electrons. The number of halogens is 2. The highest BCUT2D eigenvalue weighted by atomic mass is 35.5. The van der Waals surface area contributed by atoms with Crippen LogP contribution in [0.3, 0.4) is 0 Å². The first-order valence-corrected chi connectivity index (χ1v) is 7.70. The Kier molecular flexibility index (Phi) is 5.16. The second-order valence-electron chi connectivity index (χ2n) is 5.30. The van der Waals surface area contributed by atoms with E-state index in [4.69, 9.17) is 5.73 Å². The maximum Gasteiger partial charge on any atom is 0.270 e. The highest BCUT2D eigenvalue weighted by Gasteiger charge is 2.44. The predicted molar refractivity (Wildman–Crippen MR) is 86.9 cm³/mol. The monoisotopic (exact) mass is 341 g/mol. The molecule has 1 fully saturated rings. The van der Waals surface area contributed by atoms with E-state index in [0.29, 0.717) is 18.8 Å². The number of nitrogens with one attached hydrogen (secondary N) is 1. The Hall–Kier alpha value is -1.50. The first kappa shape index (κ1) is 16.9. The Morgan fingerprint density at radius 3 is 2.59 bits per heavy atom. The van der Waals surface area contributed by atoms with E-state index in [1.165, 1.54) is 23.5 Å². The van der Waals surface area contributed by atoms with Gasteiger partial charge >= 0.3 is 0 Å². The molecule has 0 atom stereocenters. The lowest BCUT2D eigenvalue weighted by molar-refractivity contribution is 0.0945. The van der Waals surface area contributed by atoms with E-state index in [0.717, 1.165) is 23.4 Å². The van der Waals surface area contributed by atoms with Crippen molar-refractivity contribution in [2.75, 3.05) is 6.54 Å². The van der Waals surface area contributed by atoms with Crippen molar-refractivity contribution in [1.82, 2.24) is 10.3 Å². The Labute approximate surface area is 138 Å². The second kappa shape index (κ2) is 6.73. The summed E-state index contributed by atoms with van der Waals surface area (Å²) in [4.78, 5) is 16.2. The van der Waals surface area contributed by atoms with Gasteiger partial charge in [0.15, 0.2) is 0 Å². The van der Waals surface area contributed by atoms with Crippen molar-refractivity contribution in [3.63, 3.8) is 0 Å². The molecule has 1 saturated carbocycles. The Bertz CT molecular complexity index is 655. The number of nitrogens with two attached hydrogens (primary N) is 1. The molecule has 1 aliphatic rings. The zero-order valence-corrected chi connectivity index (χ0v) is 13.5. The molecule has 1 heterocycles. The van der Waals surface area contributed by atoms with Crippen LogP contribution in [0.2, 0.25) is 0 Å². The normalized spacial score (nSPS) is 15.0. The SMILES string of the molecule is Cl.NCc1nc(C(=O)NCC2(c3ccc(F)cc3)CC2)cs1. The van der Waals surface area contributed by atoms with Crippen molar-refractivity contribution >= 4 is 29.7 Å². The number of hydrogen-bond acceptors (Lipinski definition) is 4. The van der Waals surface area contributed by atoms with E-state index in [9.17, 15) is 9.18 Å². The summed E-state index contributed by atoms with van der Waals surface area (Å²) in [5.41, 5.74) is 6.93. The van der Waals surface area contributed by atoms with Crippen molar-refractivity contribution in [2.24, 2.45) is 5.73 Å². The van der Waals surface area contributed by atoms with Crippen LogP contribution in [0.4, 0.5) is 4.39 Å². The molecule has 4 nitrogen and oxygen atoms in total. The fourth-order valence-corrected chi connectivity index (χ4v) is 3.03. The van der Waals surface area contributed by atoms with Crippen LogP contribution in [-0.4, -0.2) is 17.4 Å². The molecule has 0 unspecified atom stereocenters. The molecule has 7 heteroatoms. The number of amides is 1. The molecule has 0 aliphatic heterocycles. The first-order chi connectivity index (χ1) is 10.1. The van der Waals surface area contributed by atoms with Crippen LogP contribution in [-0.2, 0) is 12.0 Å². The maximum absolute atomic E-state index is 13.0. The summed E-state index contributed by atoms with van der Waals surface area (Å²) >= 11 is 1.39. The van der Waals surface area contributed by atoms with Crippen LogP contribution in [0.15, 0.2) is 29.6 Å². The quantitative estimate of drug-likeness (QED) is 0.878. The standard InChI is InChI=1S/C15H16FN3OS.ClH/c16-11-3-1-10(2-4-11)15(5-6-15)9-18-14(20)12-8-21-13(7-17)19-12;/h1-4,8H,5-7,9,17H2,(H,18,20);1H.